The molecule has 4 aromatic rings. The van der Waals surface area contributed by atoms with E-state index in [0.717, 1.165) is 67.1 Å². The minimum absolute atomic E-state index is 0.135. The first-order valence-corrected chi connectivity index (χ1v) is 10.4. The monoisotopic (exact) mass is 405 g/mol. The van der Waals surface area contributed by atoms with Gasteiger partial charge in [-0.15, -0.1) is 5.10 Å². The van der Waals surface area contributed by atoms with Crippen molar-refractivity contribution >= 4 is 22.4 Å². The number of anilines is 1. The van der Waals surface area contributed by atoms with Gasteiger partial charge in [-0.1, -0.05) is 0 Å². The number of nitrogens with zero attached hydrogens (tertiary/aromatic N) is 5. The molecule has 154 valence electrons. The zero-order valence-corrected chi connectivity index (χ0v) is 16.5. The standard InChI is InChI=1S/C21H23N7O2/c22-13-9-14(10-13)29-20-2-1-19-25-12-16(28(19)26-20)18-11-15-17(30-18)3-4-24-21(15)27-7-5-23-6-8-27/h1-4,11-14,23H,5-10,22H2. The van der Waals surface area contributed by atoms with E-state index in [0.29, 0.717) is 11.6 Å². The number of piperazine rings is 1. The van der Waals surface area contributed by atoms with E-state index in [4.69, 9.17) is 14.9 Å². The van der Waals surface area contributed by atoms with Crippen molar-refractivity contribution in [3.8, 4) is 17.3 Å². The molecule has 0 unspecified atom stereocenters. The minimum atomic E-state index is 0.135. The summed E-state index contributed by atoms with van der Waals surface area (Å²) in [6.07, 6.45) is 5.44. The summed E-state index contributed by atoms with van der Waals surface area (Å²) in [6, 6.07) is 7.91. The Bertz CT molecular complexity index is 1200. The summed E-state index contributed by atoms with van der Waals surface area (Å²) in [7, 11) is 0. The Labute approximate surface area is 172 Å². The van der Waals surface area contributed by atoms with Crippen molar-refractivity contribution in [3.05, 3.63) is 36.7 Å². The van der Waals surface area contributed by atoms with E-state index in [2.05, 4.69) is 25.3 Å². The topological polar surface area (TPSA) is 107 Å². The van der Waals surface area contributed by atoms with Crippen molar-refractivity contribution in [2.24, 2.45) is 5.73 Å². The maximum absolute atomic E-state index is 6.18. The van der Waals surface area contributed by atoms with E-state index in [-0.39, 0.29) is 12.1 Å². The number of aromatic nitrogens is 4. The number of hydrogen-bond donors (Lipinski definition) is 2. The molecule has 0 spiro atoms. The second-order valence-corrected chi connectivity index (χ2v) is 7.95. The van der Waals surface area contributed by atoms with Gasteiger partial charge in [0.05, 0.1) is 11.6 Å². The van der Waals surface area contributed by atoms with E-state index >= 15 is 0 Å². The maximum Gasteiger partial charge on any atom is 0.232 e. The summed E-state index contributed by atoms with van der Waals surface area (Å²) in [6.45, 7) is 3.76. The predicted octanol–water partition coefficient (Wildman–Crippen LogP) is 1.82. The third kappa shape index (κ3) is 2.98. The van der Waals surface area contributed by atoms with Gasteiger partial charge in [0.2, 0.25) is 5.88 Å². The van der Waals surface area contributed by atoms with Gasteiger partial charge in [0.1, 0.15) is 23.2 Å². The Morgan fingerprint density at radius 1 is 1.13 bits per heavy atom. The molecule has 1 saturated carbocycles. The second kappa shape index (κ2) is 6.96. The zero-order chi connectivity index (χ0) is 20.1. The third-order valence-corrected chi connectivity index (χ3v) is 5.85. The molecule has 1 saturated heterocycles. The lowest BCUT2D eigenvalue weighted by Gasteiger charge is -2.31. The van der Waals surface area contributed by atoms with Gasteiger partial charge in [0, 0.05) is 44.5 Å². The number of nitrogens with two attached hydrogens (primary N) is 1. The fraction of sp³-hybridized carbons (Fsp3) is 0.381. The highest BCUT2D eigenvalue weighted by Crippen LogP contribution is 2.33. The average molecular weight is 405 g/mol. The van der Waals surface area contributed by atoms with E-state index < -0.39 is 0 Å². The number of ether oxygens (including phenoxy) is 1. The van der Waals surface area contributed by atoms with E-state index in [1.165, 1.54) is 0 Å². The average Bonchev–Trinajstić information content (AvgIpc) is 3.36. The molecule has 2 fully saturated rings. The second-order valence-electron chi connectivity index (χ2n) is 7.95. The van der Waals surface area contributed by atoms with Crippen LogP contribution in [0.4, 0.5) is 5.82 Å². The Kier molecular flexibility index (Phi) is 4.10. The lowest BCUT2D eigenvalue weighted by Crippen LogP contribution is -2.43. The summed E-state index contributed by atoms with van der Waals surface area (Å²) in [5.74, 6) is 2.23. The molecule has 3 N–H and O–H groups in total. The highest BCUT2D eigenvalue weighted by molar-refractivity contribution is 5.92. The molecule has 2 aliphatic rings. The van der Waals surface area contributed by atoms with Gasteiger partial charge in [-0.2, -0.15) is 0 Å². The first-order valence-electron chi connectivity index (χ1n) is 10.4. The molecular weight excluding hydrogens is 382 g/mol. The molecule has 9 nitrogen and oxygen atoms in total. The van der Waals surface area contributed by atoms with Crippen LogP contribution in [-0.4, -0.2) is 57.9 Å². The summed E-state index contributed by atoms with van der Waals surface area (Å²) >= 11 is 0. The molecule has 0 bridgehead atoms. The van der Waals surface area contributed by atoms with Crippen LogP contribution in [0.3, 0.4) is 0 Å². The maximum atomic E-state index is 6.18. The normalized spacial score (nSPS) is 21.8. The van der Waals surface area contributed by atoms with Gasteiger partial charge < -0.3 is 25.1 Å². The molecule has 0 atom stereocenters. The number of furan rings is 1. The smallest absolute Gasteiger partial charge is 0.232 e. The van der Waals surface area contributed by atoms with Crippen molar-refractivity contribution in [2.75, 3.05) is 31.1 Å². The summed E-state index contributed by atoms with van der Waals surface area (Å²) in [4.78, 5) is 11.4. The van der Waals surface area contributed by atoms with Crippen molar-refractivity contribution in [3.63, 3.8) is 0 Å². The number of fused-ring (bicyclic) bond motifs is 2. The fourth-order valence-corrected chi connectivity index (χ4v) is 4.16. The van der Waals surface area contributed by atoms with E-state index in [9.17, 15) is 0 Å². The Hall–Kier alpha value is -3.17. The van der Waals surface area contributed by atoms with Crippen molar-refractivity contribution < 1.29 is 9.15 Å². The van der Waals surface area contributed by atoms with Gasteiger partial charge in [0.25, 0.3) is 0 Å². The molecular formula is C21H23N7O2. The van der Waals surface area contributed by atoms with Crippen LogP contribution in [0.2, 0.25) is 0 Å². The minimum Gasteiger partial charge on any atom is -0.473 e. The molecule has 5 heterocycles. The van der Waals surface area contributed by atoms with Gasteiger partial charge in [-0.25, -0.2) is 14.5 Å². The van der Waals surface area contributed by atoms with Crippen molar-refractivity contribution in [1.82, 2.24) is 24.9 Å². The van der Waals surface area contributed by atoms with E-state index in [1.807, 2.05) is 24.3 Å². The van der Waals surface area contributed by atoms with Crippen LogP contribution in [-0.2, 0) is 0 Å². The SMILES string of the molecule is NC1CC(Oc2ccc3ncc(-c4cc5c(N6CCNCC6)nccc5o4)n3n2)C1. The first kappa shape index (κ1) is 17.7. The van der Waals surface area contributed by atoms with Crippen molar-refractivity contribution in [2.45, 2.75) is 25.0 Å². The van der Waals surface area contributed by atoms with Gasteiger partial charge in [0.15, 0.2) is 11.4 Å². The van der Waals surface area contributed by atoms with Gasteiger partial charge in [-0.05, 0) is 31.0 Å². The van der Waals surface area contributed by atoms with Crippen molar-refractivity contribution in [1.29, 1.82) is 0 Å². The molecule has 30 heavy (non-hydrogen) atoms. The number of rotatable bonds is 4. The Balaban J connectivity index is 1.38. The number of imidazole rings is 1. The highest BCUT2D eigenvalue weighted by atomic mass is 16.5. The lowest BCUT2D eigenvalue weighted by molar-refractivity contribution is 0.0944. The van der Waals surface area contributed by atoms with E-state index in [1.54, 1.807) is 16.9 Å². The molecule has 1 aliphatic heterocycles. The fourth-order valence-electron chi connectivity index (χ4n) is 4.16. The molecule has 4 aromatic heterocycles. The highest BCUT2D eigenvalue weighted by Gasteiger charge is 2.28. The summed E-state index contributed by atoms with van der Waals surface area (Å²) < 4.78 is 13.9. The Morgan fingerprint density at radius 3 is 2.83 bits per heavy atom. The van der Waals surface area contributed by atoms with Crippen LogP contribution in [0.5, 0.6) is 5.88 Å². The van der Waals surface area contributed by atoms with Crippen LogP contribution in [0, 0.1) is 0 Å². The zero-order valence-electron chi connectivity index (χ0n) is 16.5. The summed E-state index contributed by atoms with van der Waals surface area (Å²) in [5, 5.41) is 9.02. The van der Waals surface area contributed by atoms with Crippen LogP contribution >= 0.6 is 0 Å². The van der Waals surface area contributed by atoms with Gasteiger partial charge in [-0.3, -0.25) is 0 Å². The first-order chi connectivity index (χ1) is 14.7. The van der Waals surface area contributed by atoms with Crippen LogP contribution < -0.4 is 20.7 Å². The lowest BCUT2D eigenvalue weighted by atomic mass is 9.90. The largest absolute Gasteiger partial charge is 0.473 e. The van der Waals surface area contributed by atoms with Gasteiger partial charge >= 0.3 is 0 Å². The quantitative estimate of drug-likeness (QED) is 0.529. The third-order valence-electron chi connectivity index (χ3n) is 5.85. The summed E-state index contributed by atoms with van der Waals surface area (Å²) in [5.41, 5.74) is 8.18. The molecule has 0 amide bonds. The van der Waals surface area contributed by atoms with Crippen LogP contribution in [0.1, 0.15) is 12.8 Å². The molecule has 0 aromatic carbocycles. The molecule has 0 radical (unpaired) electrons. The Morgan fingerprint density at radius 2 is 2.00 bits per heavy atom. The number of pyridine rings is 1. The molecule has 9 heteroatoms. The molecule has 6 rings (SSSR count). The predicted molar refractivity (Wildman–Crippen MR) is 113 cm³/mol. The van der Waals surface area contributed by atoms with Crippen LogP contribution in [0.25, 0.3) is 28.1 Å². The molecule has 1 aliphatic carbocycles. The van der Waals surface area contributed by atoms with Crippen LogP contribution in [0.15, 0.2) is 41.1 Å². The number of nitrogens with one attached hydrogen (secondary N) is 1. The number of hydrogen-bond acceptors (Lipinski definition) is 8.